The van der Waals surface area contributed by atoms with Gasteiger partial charge in [-0.3, -0.25) is 0 Å². The summed E-state index contributed by atoms with van der Waals surface area (Å²) < 4.78 is 0.750. The molecule has 0 amide bonds. The van der Waals surface area contributed by atoms with Gasteiger partial charge in [0.1, 0.15) is 0 Å². The van der Waals surface area contributed by atoms with E-state index in [0.29, 0.717) is 0 Å². The molecule has 0 bridgehead atoms. The first kappa shape index (κ1) is 32.2. The zero-order valence-electron chi connectivity index (χ0n) is 4.67. The normalized spacial score (nSPS) is 4.62. The fraction of sp³-hybridized carbons (Fsp3) is 1.00. The van der Waals surface area contributed by atoms with Gasteiger partial charge in [0.2, 0.25) is 0 Å². The molecule has 0 nitrogen and oxygen atoms in total. The first-order chi connectivity index (χ1) is 1.73. The summed E-state index contributed by atoms with van der Waals surface area (Å²) in [7, 11) is 0. The largest absolute Gasteiger partial charge is 1.00 e. The van der Waals surface area contributed by atoms with Gasteiger partial charge in [-0.05, 0) is 0 Å². The van der Waals surface area contributed by atoms with E-state index in [1.165, 1.54) is 0 Å². The van der Waals surface area contributed by atoms with Crippen LogP contribution in [0.3, 0.4) is 0 Å². The molecule has 0 atom stereocenters. The second-order valence-electron chi connectivity index (χ2n) is 1.24. The standard InChI is InChI=1S/C3H7.Al.2BrH.2ClH/c1-3-2;;;;;/h3H,1-2H3;;4*1H/q;+2;;;;/p-4. The zero-order chi connectivity index (χ0) is 3.58. The fourth-order valence-corrected chi connectivity index (χ4v) is 0. The molecule has 0 aliphatic carbocycles. The van der Waals surface area contributed by atoms with E-state index < -0.39 is 0 Å². The van der Waals surface area contributed by atoms with Gasteiger partial charge in [-0.1, -0.05) is 0 Å². The monoisotopic (exact) mass is 298 g/mol. The first-order valence-corrected chi connectivity index (χ1v) is 2.15. The number of halogens is 4. The van der Waals surface area contributed by atoms with E-state index in [9.17, 15) is 0 Å². The van der Waals surface area contributed by atoms with Gasteiger partial charge in [-0.15, -0.1) is 0 Å². The van der Waals surface area contributed by atoms with Gasteiger partial charge in [0.05, 0.1) is 0 Å². The zero-order valence-corrected chi connectivity index (χ0v) is 10.5. The number of hydrogen-bond donors (Lipinski definition) is 0. The van der Waals surface area contributed by atoms with Crippen molar-refractivity contribution in [1.82, 2.24) is 0 Å². The summed E-state index contributed by atoms with van der Waals surface area (Å²) in [6.07, 6.45) is 0. The van der Waals surface area contributed by atoms with Gasteiger partial charge in [-0.25, -0.2) is 0 Å². The minimum atomic E-state index is 0. The van der Waals surface area contributed by atoms with Gasteiger partial charge in [0, 0.05) is 0 Å². The molecule has 0 aliphatic heterocycles. The first-order valence-electron chi connectivity index (χ1n) is 1.49. The van der Waals surface area contributed by atoms with Gasteiger partial charge < -0.3 is 58.8 Å². The third-order valence-corrected chi connectivity index (χ3v) is 0. The van der Waals surface area contributed by atoms with Crippen LogP contribution in [0.4, 0.5) is 0 Å². The van der Waals surface area contributed by atoms with Crippen molar-refractivity contribution in [2.24, 2.45) is 0 Å². The minimum absolute atomic E-state index is 0. The van der Waals surface area contributed by atoms with Gasteiger partial charge in [0.25, 0.3) is 0 Å². The number of hydrogen-bond acceptors (Lipinski definition) is 0. The van der Waals surface area contributed by atoms with Crippen LogP contribution in [-0.4, -0.2) is 16.3 Å². The summed E-state index contributed by atoms with van der Waals surface area (Å²) in [5.74, 6) is 0. The smallest absolute Gasteiger partial charge is 1.00 e. The van der Waals surface area contributed by atoms with Crippen molar-refractivity contribution >= 4 is 16.3 Å². The van der Waals surface area contributed by atoms with Crippen LogP contribution in [0.2, 0.25) is 4.78 Å². The van der Waals surface area contributed by atoms with E-state index >= 15 is 0 Å². The van der Waals surface area contributed by atoms with Crippen molar-refractivity contribution in [3.63, 3.8) is 0 Å². The summed E-state index contributed by atoms with van der Waals surface area (Å²) in [4.78, 5) is 0. The van der Waals surface area contributed by atoms with Crippen molar-refractivity contribution < 1.29 is 58.8 Å². The van der Waals surface area contributed by atoms with E-state index in [-0.39, 0.29) is 58.8 Å². The maximum Gasteiger partial charge on any atom is -1.00 e. The van der Waals surface area contributed by atoms with Gasteiger partial charge >= 0.3 is 34.9 Å². The second kappa shape index (κ2) is 23.0. The Balaban J connectivity index is -0.00000000750. The molecule has 0 aliphatic rings. The summed E-state index contributed by atoms with van der Waals surface area (Å²) in [5.41, 5.74) is 0. The average molecular weight is 301 g/mol. The molecule has 0 fully saturated rings. The van der Waals surface area contributed by atoms with Crippen LogP contribution in [0.1, 0.15) is 13.8 Å². The molecule has 0 radical (unpaired) electrons. The van der Waals surface area contributed by atoms with Crippen LogP contribution in [0.5, 0.6) is 0 Å². The Hall–Kier alpha value is 2.07. The van der Waals surface area contributed by atoms with Crippen LogP contribution >= 0.6 is 0 Å². The molecule has 8 heavy (non-hydrogen) atoms. The Labute approximate surface area is 93.0 Å². The molecule has 52 valence electrons. The van der Waals surface area contributed by atoms with E-state index in [0.717, 1.165) is 4.78 Å². The molecule has 0 saturated heterocycles. The van der Waals surface area contributed by atoms with E-state index in [4.69, 9.17) is 0 Å². The Morgan fingerprint density at radius 1 is 1.00 bits per heavy atom. The summed E-state index contributed by atoms with van der Waals surface area (Å²) in [6.45, 7) is 4.26. The SMILES string of the molecule is C[CH](C)[Al+2].[Br-].[Br-].[Cl-].[Cl-]. The summed E-state index contributed by atoms with van der Waals surface area (Å²) >= 11 is 2.66. The van der Waals surface area contributed by atoms with Crippen molar-refractivity contribution in [2.45, 2.75) is 18.6 Å². The molecule has 5 heteroatoms. The third kappa shape index (κ3) is 94.0. The van der Waals surface area contributed by atoms with Gasteiger partial charge in [-0.2, -0.15) is 0 Å². The van der Waals surface area contributed by atoms with E-state index in [1.807, 2.05) is 0 Å². The molecule has 0 rings (SSSR count). The molecule has 0 aromatic heterocycles. The van der Waals surface area contributed by atoms with E-state index in [1.54, 1.807) is 0 Å². The van der Waals surface area contributed by atoms with Crippen molar-refractivity contribution in [1.29, 1.82) is 0 Å². The van der Waals surface area contributed by atoms with Crippen LogP contribution in [0.15, 0.2) is 0 Å². The maximum absolute atomic E-state index is 2.66. The third-order valence-electron chi connectivity index (χ3n) is 0. The Morgan fingerprint density at radius 2 is 1.00 bits per heavy atom. The maximum atomic E-state index is 2.66. The molecular weight excluding hydrogens is 294 g/mol. The Kier molecular flexibility index (Phi) is 92.5. The number of rotatable bonds is 0. The second-order valence-corrected chi connectivity index (χ2v) is 2.58. The molecular formula is C3H7AlBr2Cl2-2. The fourth-order valence-electron chi connectivity index (χ4n) is 0. The molecule has 0 saturated carbocycles. The van der Waals surface area contributed by atoms with Gasteiger partial charge in [0.15, 0.2) is 0 Å². The van der Waals surface area contributed by atoms with Crippen LogP contribution in [-0.2, 0) is 0 Å². The quantitative estimate of drug-likeness (QED) is 0.390. The molecule has 0 aromatic carbocycles. The Morgan fingerprint density at radius 3 is 1.00 bits per heavy atom. The predicted octanol–water partition coefficient (Wildman–Crippen LogP) is -11.0. The van der Waals surface area contributed by atoms with Crippen LogP contribution < -0.4 is 58.8 Å². The van der Waals surface area contributed by atoms with Crippen molar-refractivity contribution in [3.05, 3.63) is 0 Å². The topological polar surface area (TPSA) is 0 Å². The Bertz CT molecular complexity index is 20.0. The van der Waals surface area contributed by atoms with Crippen LogP contribution in [0.25, 0.3) is 0 Å². The molecule has 0 unspecified atom stereocenters. The summed E-state index contributed by atoms with van der Waals surface area (Å²) in [6, 6.07) is 0. The predicted molar refractivity (Wildman–Crippen MR) is 20.9 cm³/mol. The molecule has 0 N–H and O–H groups in total. The van der Waals surface area contributed by atoms with E-state index in [2.05, 4.69) is 30.1 Å². The van der Waals surface area contributed by atoms with Crippen LogP contribution in [0, 0.1) is 0 Å². The minimum Gasteiger partial charge on any atom is -1.00 e. The average Bonchev–Trinajstić information content (AvgIpc) is 0.811. The molecule has 0 aromatic rings. The summed E-state index contributed by atoms with van der Waals surface area (Å²) in [5, 5.41) is 0. The van der Waals surface area contributed by atoms with Crippen molar-refractivity contribution in [3.8, 4) is 0 Å². The molecule has 0 spiro atoms. The molecule has 0 heterocycles. The van der Waals surface area contributed by atoms with Crippen molar-refractivity contribution in [2.75, 3.05) is 0 Å².